The molecule has 0 amide bonds. The molecule has 104 valence electrons. The molecule has 0 saturated heterocycles. The normalized spacial score (nSPS) is 10.3. The smallest absolute Gasteiger partial charge is 0.165 e. The summed E-state index contributed by atoms with van der Waals surface area (Å²) in [5.41, 5.74) is 6.21. The summed E-state index contributed by atoms with van der Waals surface area (Å²) < 4.78 is 33.0. The van der Waals surface area contributed by atoms with Gasteiger partial charge in [-0.2, -0.15) is 0 Å². The van der Waals surface area contributed by atoms with Gasteiger partial charge in [0, 0.05) is 10.0 Å². The number of thiocarbonyl (C=S) groups is 1. The number of rotatable bonds is 4. The van der Waals surface area contributed by atoms with Gasteiger partial charge in [-0.3, -0.25) is 0 Å². The molecule has 2 rings (SSSR count). The maximum atomic E-state index is 13.5. The van der Waals surface area contributed by atoms with Gasteiger partial charge in [-0.1, -0.05) is 34.2 Å². The minimum Gasteiger partial charge on any atom is -0.486 e. The molecular weight excluding hydrogens is 348 g/mol. The predicted molar refractivity (Wildman–Crippen MR) is 80.7 cm³/mol. The van der Waals surface area contributed by atoms with E-state index in [-0.39, 0.29) is 22.9 Å². The molecule has 0 saturated carbocycles. The fourth-order valence-electron chi connectivity index (χ4n) is 1.60. The molecule has 20 heavy (non-hydrogen) atoms. The summed E-state index contributed by atoms with van der Waals surface area (Å²) in [5.74, 6) is -0.847. The molecule has 0 radical (unpaired) electrons. The van der Waals surface area contributed by atoms with Crippen LogP contribution in [0.1, 0.15) is 11.1 Å². The molecule has 0 heterocycles. The lowest BCUT2D eigenvalue weighted by Gasteiger charge is -2.09. The molecular formula is C14H10BrF2NOS. The molecule has 2 nitrogen and oxygen atoms in total. The highest BCUT2D eigenvalue weighted by Gasteiger charge is 2.08. The van der Waals surface area contributed by atoms with E-state index in [0.29, 0.717) is 10.0 Å². The number of halogens is 3. The van der Waals surface area contributed by atoms with Crippen molar-refractivity contribution in [3.05, 3.63) is 63.6 Å². The number of hydrogen-bond acceptors (Lipinski definition) is 2. The predicted octanol–water partition coefficient (Wildman–Crippen LogP) is 3.94. The maximum Gasteiger partial charge on any atom is 0.165 e. The largest absolute Gasteiger partial charge is 0.486 e. The first-order chi connectivity index (χ1) is 9.47. The van der Waals surface area contributed by atoms with Crippen LogP contribution in [0.4, 0.5) is 8.78 Å². The fraction of sp³-hybridized carbons (Fsp3) is 0.0714. The highest BCUT2D eigenvalue weighted by Crippen LogP contribution is 2.23. The average Bonchev–Trinajstić information content (AvgIpc) is 2.41. The molecule has 0 fully saturated rings. The SMILES string of the molecule is NC(=S)c1cc(COc2cc(Br)ccc2F)ccc1F. The van der Waals surface area contributed by atoms with Crippen molar-refractivity contribution in [2.75, 3.05) is 0 Å². The molecule has 2 N–H and O–H groups in total. The second kappa shape index (κ2) is 6.28. The van der Waals surface area contributed by atoms with Crippen LogP contribution in [0.2, 0.25) is 0 Å². The van der Waals surface area contributed by atoms with Gasteiger partial charge in [0.25, 0.3) is 0 Å². The minimum atomic E-state index is -0.491. The number of ether oxygens (including phenoxy) is 1. The van der Waals surface area contributed by atoms with E-state index in [2.05, 4.69) is 15.9 Å². The van der Waals surface area contributed by atoms with Crippen LogP contribution in [0, 0.1) is 11.6 Å². The van der Waals surface area contributed by atoms with E-state index in [1.807, 2.05) is 0 Å². The second-order valence-corrected chi connectivity index (χ2v) is 5.40. The van der Waals surface area contributed by atoms with E-state index in [1.165, 1.54) is 30.3 Å². The molecule has 0 aromatic heterocycles. The molecule has 2 aromatic carbocycles. The Balaban J connectivity index is 2.17. The number of benzene rings is 2. The zero-order valence-corrected chi connectivity index (χ0v) is 12.6. The van der Waals surface area contributed by atoms with Crippen LogP contribution in [0.3, 0.4) is 0 Å². The van der Waals surface area contributed by atoms with Crippen molar-refractivity contribution < 1.29 is 13.5 Å². The van der Waals surface area contributed by atoms with E-state index in [4.69, 9.17) is 22.7 Å². The van der Waals surface area contributed by atoms with Crippen molar-refractivity contribution >= 4 is 33.1 Å². The van der Waals surface area contributed by atoms with Crippen LogP contribution >= 0.6 is 28.1 Å². The molecule has 0 spiro atoms. The highest BCUT2D eigenvalue weighted by atomic mass is 79.9. The van der Waals surface area contributed by atoms with Crippen molar-refractivity contribution in [3.8, 4) is 5.75 Å². The molecule has 6 heteroatoms. The molecule has 0 unspecified atom stereocenters. The van der Waals surface area contributed by atoms with Crippen molar-refractivity contribution in [3.63, 3.8) is 0 Å². The lowest BCUT2D eigenvalue weighted by molar-refractivity contribution is 0.290. The van der Waals surface area contributed by atoms with Crippen LogP contribution in [-0.2, 0) is 6.61 Å². The highest BCUT2D eigenvalue weighted by molar-refractivity contribution is 9.10. The third kappa shape index (κ3) is 3.52. The topological polar surface area (TPSA) is 35.2 Å². The van der Waals surface area contributed by atoms with E-state index in [0.717, 1.165) is 0 Å². The Morgan fingerprint density at radius 3 is 2.55 bits per heavy atom. The van der Waals surface area contributed by atoms with Crippen LogP contribution < -0.4 is 10.5 Å². The van der Waals surface area contributed by atoms with Gasteiger partial charge in [-0.05, 0) is 35.9 Å². The Hall–Kier alpha value is -1.53. The molecule has 0 atom stereocenters. The molecule has 0 aliphatic rings. The maximum absolute atomic E-state index is 13.5. The quantitative estimate of drug-likeness (QED) is 0.841. The number of nitrogens with two attached hydrogens (primary N) is 1. The third-order valence-corrected chi connectivity index (χ3v) is 3.30. The van der Waals surface area contributed by atoms with E-state index in [1.54, 1.807) is 6.07 Å². The first-order valence-electron chi connectivity index (χ1n) is 5.63. The first kappa shape index (κ1) is 14.9. The van der Waals surface area contributed by atoms with Gasteiger partial charge in [-0.15, -0.1) is 0 Å². The van der Waals surface area contributed by atoms with Crippen molar-refractivity contribution in [2.45, 2.75) is 6.61 Å². The molecule has 0 bridgehead atoms. The lowest BCUT2D eigenvalue weighted by Crippen LogP contribution is -2.12. The Morgan fingerprint density at radius 2 is 1.85 bits per heavy atom. The van der Waals surface area contributed by atoms with Gasteiger partial charge in [0.2, 0.25) is 0 Å². The molecule has 0 aliphatic heterocycles. The fourth-order valence-corrected chi connectivity index (χ4v) is 2.10. The average molecular weight is 358 g/mol. The van der Waals surface area contributed by atoms with Crippen LogP contribution in [0.5, 0.6) is 5.75 Å². The standard InChI is InChI=1S/C14H10BrF2NOS/c15-9-2-4-12(17)13(6-9)19-7-8-1-3-11(16)10(5-8)14(18)20/h1-6H,7H2,(H2,18,20). The summed E-state index contributed by atoms with van der Waals surface area (Å²) in [6.07, 6.45) is 0. The van der Waals surface area contributed by atoms with Gasteiger partial charge in [-0.25, -0.2) is 8.78 Å². The van der Waals surface area contributed by atoms with Gasteiger partial charge >= 0.3 is 0 Å². The zero-order chi connectivity index (χ0) is 14.7. The summed E-state index contributed by atoms with van der Waals surface area (Å²) in [6, 6.07) is 8.67. The lowest BCUT2D eigenvalue weighted by atomic mass is 10.1. The Bertz CT molecular complexity index is 664. The van der Waals surface area contributed by atoms with Gasteiger partial charge < -0.3 is 10.5 Å². The van der Waals surface area contributed by atoms with E-state index >= 15 is 0 Å². The number of hydrogen-bond donors (Lipinski definition) is 1. The Labute approximate surface area is 128 Å². The van der Waals surface area contributed by atoms with Crippen LogP contribution in [0.15, 0.2) is 40.9 Å². The van der Waals surface area contributed by atoms with Gasteiger partial charge in [0.1, 0.15) is 17.4 Å². The van der Waals surface area contributed by atoms with Gasteiger partial charge in [0.05, 0.1) is 0 Å². The summed E-state index contributed by atoms with van der Waals surface area (Å²) in [5, 5.41) is 0. The second-order valence-electron chi connectivity index (χ2n) is 4.04. The van der Waals surface area contributed by atoms with Crippen molar-refractivity contribution in [1.29, 1.82) is 0 Å². The summed E-state index contributed by atoms with van der Waals surface area (Å²) >= 11 is 7.99. The summed E-state index contributed by atoms with van der Waals surface area (Å²) in [4.78, 5) is -0.0296. The Kier molecular flexibility index (Phi) is 4.67. The third-order valence-electron chi connectivity index (χ3n) is 2.58. The van der Waals surface area contributed by atoms with Gasteiger partial charge in [0.15, 0.2) is 11.6 Å². The Morgan fingerprint density at radius 1 is 1.15 bits per heavy atom. The zero-order valence-electron chi connectivity index (χ0n) is 10.2. The monoisotopic (exact) mass is 357 g/mol. The van der Waals surface area contributed by atoms with Crippen molar-refractivity contribution in [1.82, 2.24) is 0 Å². The molecule has 0 aliphatic carbocycles. The van der Waals surface area contributed by atoms with E-state index < -0.39 is 11.6 Å². The van der Waals surface area contributed by atoms with Crippen LogP contribution in [0.25, 0.3) is 0 Å². The van der Waals surface area contributed by atoms with E-state index in [9.17, 15) is 8.78 Å². The minimum absolute atomic E-state index is 0.0296. The summed E-state index contributed by atoms with van der Waals surface area (Å²) in [7, 11) is 0. The van der Waals surface area contributed by atoms with Crippen molar-refractivity contribution in [2.24, 2.45) is 5.73 Å². The van der Waals surface area contributed by atoms with Crippen LogP contribution in [-0.4, -0.2) is 4.99 Å². The summed E-state index contributed by atoms with van der Waals surface area (Å²) in [6.45, 7) is 0.0866. The first-order valence-corrected chi connectivity index (χ1v) is 6.83. The molecule has 2 aromatic rings.